The summed E-state index contributed by atoms with van der Waals surface area (Å²) in [5.74, 6) is -0.366. The van der Waals surface area contributed by atoms with Crippen molar-refractivity contribution in [2.45, 2.75) is 17.6 Å². The number of rotatable bonds is 4. The summed E-state index contributed by atoms with van der Waals surface area (Å²) in [6, 6.07) is 6.20. The summed E-state index contributed by atoms with van der Waals surface area (Å²) in [5.41, 5.74) is 6.13. The van der Waals surface area contributed by atoms with Crippen LogP contribution in [-0.4, -0.2) is 37.3 Å². The number of aromatic nitrogens is 4. The largest absolute Gasteiger partial charge is 0.366 e. The third-order valence-corrected chi connectivity index (χ3v) is 5.24. The van der Waals surface area contributed by atoms with Crippen LogP contribution in [0.3, 0.4) is 0 Å². The molecule has 132 valence electrons. The van der Waals surface area contributed by atoms with Gasteiger partial charge in [0.2, 0.25) is 5.91 Å². The van der Waals surface area contributed by atoms with Gasteiger partial charge < -0.3 is 11.1 Å². The third kappa shape index (κ3) is 2.73. The molecule has 10 heteroatoms. The molecule has 2 aromatic heterocycles. The maximum atomic E-state index is 12.6. The van der Waals surface area contributed by atoms with E-state index in [2.05, 4.69) is 20.5 Å². The lowest BCUT2D eigenvalue weighted by atomic mass is 10.1. The number of H-pyrrole nitrogens is 1. The van der Waals surface area contributed by atoms with Crippen LogP contribution in [0, 0.1) is 0 Å². The van der Waals surface area contributed by atoms with Crippen molar-refractivity contribution in [2.75, 3.05) is 11.1 Å². The number of carbonyl (C=O) groups is 2. The van der Waals surface area contributed by atoms with E-state index in [9.17, 15) is 14.4 Å². The lowest BCUT2D eigenvalue weighted by Gasteiger charge is -2.14. The minimum absolute atomic E-state index is 0.0814. The SMILES string of the molecule is NC(=O)c1ccccc1NC(=O)CC1CSc2nc3[nH]ncc3c(=O)n21. The van der Waals surface area contributed by atoms with Gasteiger partial charge in [-0.1, -0.05) is 23.9 Å². The van der Waals surface area contributed by atoms with Gasteiger partial charge in [0, 0.05) is 12.2 Å². The number of nitrogens with two attached hydrogens (primary N) is 1. The number of primary amides is 1. The predicted molar refractivity (Wildman–Crippen MR) is 96.1 cm³/mol. The van der Waals surface area contributed by atoms with Crippen molar-refractivity contribution in [3.8, 4) is 0 Å². The Morgan fingerprint density at radius 3 is 3.00 bits per heavy atom. The number of para-hydroxylation sites is 1. The Morgan fingerprint density at radius 2 is 2.19 bits per heavy atom. The number of thioether (sulfide) groups is 1. The Morgan fingerprint density at radius 1 is 1.38 bits per heavy atom. The molecule has 0 aliphatic carbocycles. The summed E-state index contributed by atoms with van der Waals surface area (Å²) in [6.07, 6.45) is 1.51. The van der Waals surface area contributed by atoms with Crippen molar-refractivity contribution in [3.63, 3.8) is 0 Å². The number of hydrogen-bond acceptors (Lipinski definition) is 6. The number of carbonyl (C=O) groups excluding carboxylic acids is 2. The Labute approximate surface area is 151 Å². The lowest BCUT2D eigenvalue weighted by Crippen LogP contribution is -2.28. The molecule has 26 heavy (non-hydrogen) atoms. The molecule has 0 saturated heterocycles. The number of hydrogen-bond donors (Lipinski definition) is 3. The quantitative estimate of drug-likeness (QED) is 0.584. The van der Waals surface area contributed by atoms with Crippen molar-refractivity contribution < 1.29 is 9.59 Å². The van der Waals surface area contributed by atoms with Gasteiger partial charge in [0.05, 0.1) is 23.5 Å². The van der Waals surface area contributed by atoms with E-state index in [1.54, 1.807) is 24.3 Å². The summed E-state index contributed by atoms with van der Waals surface area (Å²) in [7, 11) is 0. The highest BCUT2D eigenvalue weighted by molar-refractivity contribution is 7.99. The first-order valence-electron chi connectivity index (χ1n) is 7.81. The Bertz CT molecular complexity index is 1090. The van der Waals surface area contributed by atoms with Gasteiger partial charge in [-0.15, -0.1) is 0 Å². The number of fused-ring (bicyclic) bond motifs is 2. The molecule has 1 aromatic carbocycles. The van der Waals surface area contributed by atoms with Crippen molar-refractivity contribution in [3.05, 3.63) is 46.4 Å². The van der Waals surface area contributed by atoms with Crippen LogP contribution < -0.4 is 16.6 Å². The second-order valence-electron chi connectivity index (χ2n) is 5.83. The minimum atomic E-state index is -0.620. The van der Waals surface area contributed by atoms with Crippen LogP contribution in [0.25, 0.3) is 11.0 Å². The molecule has 1 unspecified atom stereocenters. The summed E-state index contributed by atoms with van der Waals surface area (Å²) in [6.45, 7) is 0. The van der Waals surface area contributed by atoms with Gasteiger partial charge in [0.25, 0.3) is 11.5 Å². The average Bonchev–Trinajstić information content (AvgIpc) is 3.23. The zero-order valence-corrected chi connectivity index (χ0v) is 14.2. The number of benzene rings is 1. The Hall–Kier alpha value is -3.14. The summed E-state index contributed by atoms with van der Waals surface area (Å²) in [5, 5.41) is 10.2. The maximum Gasteiger partial charge on any atom is 0.265 e. The molecule has 1 aliphatic heterocycles. The predicted octanol–water partition coefficient (Wildman–Crippen LogP) is 0.894. The topological polar surface area (TPSA) is 136 Å². The van der Waals surface area contributed by atoms with Gasteiger partial charge in [-0.05, 0) is 12.1 Å². The van der Waals surface area contributed by atoms with Gasteiger partial charge in [-0.25, -0.2) is 4.98 Å². The Balaban J connectivity index is 1.58. The fraction of sp³-hybridized carbons (Fsp3) is 0.188. The molecule has 0 saturated carbocycles. The molecule has 0 radical (unpaired) electrons. The second kappa shape index (κ2) is 6.30. The molecule has 4 N–H and O–H groups in total. The fourth-order valence-corrected chi connectivity index (χ4v) is 4.06. The smallest absolute Gasteiger partial charge is 0.265 e. The van der Waals surface area contributed by atoms with E-state index < -0.39 is 5.91 Å². The molecule has 3 heterocycles. The molecule has 0 fully saturated rings. The standard InChI is InChI=1S/C16H14N6O3S/c17-13(24)9-3-1-2-4-11(9)19-12(23)5-8-7-26-16-20-14-10(6-18-21-14)15(25)22(8)16/h1-4,6,8H,5,7H2,(H2,17,24)(H,18,21)(H,19,23). The zero-order valence-electron chi connectivity index (χ0n) is 13.4. The van der Waals surface area contributed by atoms with Crippen LogP contribution in [-0.2, 0) is 4.79 Å². The fourth-order valence-electron chi connectivity index (χ4n) is 2.93. The molecule has 3 aromatic rings. The molecule has 9 nitrogen and oxygen atoms in total. The van der Waals surface area contributed by atoms with Gasteiger partial charge in [-0.3, -0.25) is 24.0 Å². The number of nitrogens with zero attached hydrogens (tertiary/aromatic N) is 3. The van der Waals surface area contributed by atoms with Crippen LogP contribution in [0.1, 0.15) is 22.8 Å². The second-order valence-corrected chi connectivity index (χ2v) is 6.82. The van der Waals surface area contributed by atoms with Crippen LogP contribution in [0.15, 0.2) is 40.4 Å². The number of nitrogens with one attached hydrogen (secondary N) is 2. The summed E-state index contributed by atoms with van der Waals surface area (Å²) in [4.78, 5) is 40.9. The lowest BCUT2D eigenvalue weighted by molar-refractivity contribution is -0.116. The summed E-state index contributed by atoms with van der Waals surface area (Å²) >= 11 is 1.41. The monoisotopic (exact) mass is 370 g/mol. The van der Waals surface area contributed by atoms with Gasteiger partial charge in [0.15, 0.2) is 10.8 Å². The Kier molecular flexibility index (Phi) is 3.96. The summed E-state index contributed by atoms with van der Waals surface area (Å²) < 4.78 is 1.53. The molecule has 1 atom stereocenters. The number of amides is 2. The first kappa shape index (κ1) is 16.3. The highest BCUT2D eigenvalue weighted by Gasteiger charge is 2.29. The third-order valence-electron chi connectivity index (χ3n) is 4.14. The van der Waals surface area contributed by atoms with Crippen LogP contribution in [0.4, 0.5) is 5.69 Å². The van der Waals surface area contributed by atoms with E-state index in [0.717, 1.165) is 0 Å². The normalized spacial score (nSPS) is 15.8. The van der Waals surface area contributed by atoms with Gasteiger partial charge >= 0.3 is 0 Å². The van der Waals surface area contributed by atoms with E-state index >= 15 is 0 Å². The molecule has 0 spiro atoms. The van der Waals surface area contributed by atoms with E-state index in [-0.39, 0.29) is 29.5 Å². The van der Waals surface area contributed by atoms with Crippen molar-refractivity contribution in [1.29, 1.82) is 0 Å². The number of aromatic amines is 1. The van der Waals surface area contributed by atoms with E-state index in [1.807, 2.05) is 0 Å². The highest BCUT2D eigenvalue weighted by atomic mass is 32.2. The molecular formula is C16H14N6O3S. The van der Waals surface area contributed by atoms with E-state index in [1.165, 1.54) is 22.5 Å². The van der Waals surface area contributed by atoms with Gasteiger partial charge in [-0.2, -0.15) is 5.10 Å². The molecule has 2 amide bonds. The van der Waals surface area contributed by atoms with E-state index in [4.69, 9.17) is 5.73 Å². The molecule has 0 bridgehead atoms. The molecular weight excluding hydrogens is 356 g/mol. The highest BCUT2D eigenvalue weighted by Crippen LogP contribution is 2.33. The van der Waals surface area contributed by atoms with Crippen LogP contribution in [0.5, 0.6) is 0 Å². The van der Waals surface area contributed by atoms with Crippen LogP contribution in [0.2, 0.25) is 0 Å². The first-order chi connectivity index (χ1) is 12.5. The van der Waals surface area contributed by atoms with E-state index in [0.29, 0.717) is 27.6 Å². The average molecular weight is 370 g/mol. The van der Waals surface area contributed by atoms with Crippen molar-refractivity contribution >= 4 is 40.3 Å². The number of anilines is 1. The van der Waals surface area contributed by atoms with Crippen molar-refractivity contribution in [1.82, 2.24) is 19.7 Å². The van der Waals surface area contributed by atoms with Crippen LogP contribution >= 0.6 is 11.8 Å². The minimum Gasteiger partial charge on any atom is -0.366 e. The zero-order chi connectivity index (χ0) is 18.3. The molecule has 4 rings (SSSR count). The van der Waals surface area contributed by atoms with Crippen molar-refractivity contribution in [2.24, 2.45) is 5.73 Å². The van der Waals surface area contributed by atoms with Gasteiger partial charge in [0.1, 0.15) is 5.39 Å². The molecule has 1 aliphatic rings. The maximum absolute atomic E-state index is 12.6. The first-order valence-corrected chi connectivity index (χ1v) is 8.80.